The molecule has 7 nitrogen and oxygen atoms in total. The smallest absolute Gasteiger partial charge is 0.339 e. The van der Waals surface area contributed by atoms with Crippen LogP contribution in [-0.2, 0) is 11.2 Å². The number of rotatable bonds is 5. The first-order valence-corrected chi connectivity index (χ1v) is 8.10. The van der Waals surface area contributed by atoms with Gasteiger partial charge in [-0.3, -0.25) is 9.78 Å². The van der Waals surface area contributed by atoms with Gasteiger partial charge in [-0.15, -0.1) is 10.2 Å². The zero-order chi connectivity index (χ0) is 18.5. The average molecular weight is 371 g/mol. The highest BCUT2D eigenvalue weighted by atomic mass is 35.5. The molecule has 2 N–H and O–H groups in total. The molecule has 26 heavy (non-hydrogen) atoms. The number of carbonyl (C=O) groups excluding carboxylic acids is 1. The lowest BCUT2D eigenvalue weighted by molar-refractivity contribution is 0.0602. The lowest BCUT2D eigenvalue weighted by Crippen LogP contribution is -2.19. The molecule has 0 aliphatic carbocycles. The van der Waals surface area contributed by atoms with Gasteiger partial charge >= 0.3 is 5.97 Å². The molecule has 132 valence electrons. The predicted octanol–water partition coefficient (Wildman–Crippen LogP) is 2.94. The van der Waals surface area contributed by atoms with Gasteiger partial charge in [-0.2, -0.15) is 0 Å². The van der Waals surface area contributed by atoms with Gasteiger partial charge in [-0.1, -0.05) is 41.9 Å². The topological polar surface area (TPSA) is 97.0 Å². The minimum absolute atomic E-state index is 0.120. The number of hydrogen-bond acceptors (Lipinski definition) is 6. The van der Waals surface area contributed by atoms with Crippen molar-refractivity contribution in [2.75, 3.05) is 12.4 Å². The first-order chi connectivity index (χ1) is 12.6. The number of hydrogen-bond donors (Lipinski definition) is 2. The molecular formula is C18H15ClN4O3. The van der Waals surface area contributed by atoms with Gasteiger partial charge in [-0.05, 0) is 23.8 Å². The van der Waals surface area contributed by atoms with E-state index in [0.717, 1.165) is 5.56 Å². The quantitative estimate of drug-likeness (QED) is 0.670. The number of carbonyl (C=O) groups is 1. The minimum Gasteiger partial charge on any atom is -0.465 e. The molecule has 8 heteroatoms. The molecule has 1 aromatic heterocycles. The van der Waals surface area contributed by atoms with E-state index in [9.17, 15) is 9.59 Å². The summed E-state index contributed by atoms with van der Waals surface area (Å²) in [6.07, 6.45) is 0.265. The molecule has 0 aliphatic heterocycles. The highest BCUT2D eigenvalue weighted by molar-refractivity contribution is 6.31. The van der Waals surface area contributed by atoms with Crippen LogP contribution in [0.25, 0.3) is 0 Å². The second-order valence-corrected chi connectivity index (χ2v) is 5.79. The van der Waals surface area contributed by atoms with Crippen molar-refractivity contribution in [2.45, 2.75) is 6.42 Å². The molecule has 0 bridgehead atoms. The van der Waals surface area contributed by atoms with Crippen molar-refractivity contribution in [3.8, 4) is 0 Å². The van der Waals surface area contributed by atoms with Crippen molar-refractivity contribution >= 4 is 29.2 Å². The van der Waals surface area contributed by atoms with Crippen LogP contribution in [0.4, 0.5) is 11.6 Å². The third-order valence-corrected chi connectivity index (χ3v) is 4.03. The van der Waals surface area contributed by atoms with E-state index in [1.807, 2.05) is 18.2 Å². The van der Waals surface area contributed by atoms with E-state index in [1.165, 1.54) is 7.11 Å². The molecule has 0 saturated carbocycles. The third kappa shape index (κ3) is 3.89. The van der Waals surface area contributed by atoms with Crippen molar-refractivity contribution in [3.63, 3.8) is 0 Å². The number of para-hydroxylation sites is 1. The molecular weight excluding hydrogens is 356 g/mol. The van der Waals surface area contributed by atoms with Gasteiger partial charge in [0.15, 0.2) is 0 Å². The highest BCUT2D eigenvalue weighted by Crippen LogP contribution is 2.19. The molecule has 1 heterocycles. The number of ether oxygens (including phenoxy) is 1. The number of aromatic nitrogens is 3. The fourth-order valence-corrected chi connectivity index (χ4v) is 2.56. The van der Waals surface area contributed by atoms with Crippen LogP contribution in [0.15, 0.2) is 53.3 Å². The molecule has 2 aromatic carbocycles. The Hall–Kier alpha value is -3.19. The predicted molar refractivity (Wildman–Crippen MR) is 98.0 cm³/mol. The number of nitrogens with zero attached hydrogens (tertiary/aromatic N) is 2. The third-order valence-electron chi connectivity index (χ3n) is 3.67. The summed E-state index contributed by atoms with van der Waals surface area (Å²) in [5, 5.41) is 11.4. The van der Waals surface area contributed by atoms with E-state index in [0.29, 0.717) is 16.3 Å². The zero-order valence-corrected chi connectivity index (χ0v) is 14.6. The van der Waals surface area contributed by atoms with Crippen LogP contribution in [0, 0.1) is 0 Å². The Morgan fingerprint density at radius 3 is 2.62 bits per heavy atom. The highest BCUT2D eigenvalue weighted by Gasteiger charge is 2.13. The Morgan fingerprint density at radius 1 is 1.15 bits per heavy atom. The van der Waals surface area contributed by atoms with Gasteiger partial charge in [0.1, 0.15) is 5.69 Å². The molecule has 0 unspecified atom stereocenters. The summed E-state index contributed by atoms with van der Waals surface area (Å²) in [5.74, 6) is -0.381. The molecule has 3 rings (SSSR count). The first-order valence-electron chi connectivity index (χ1n) is 7.72. The number of halogens is 1. The van der Waals surface area contributed by atoms with E-state index < -0.39 is 11.5 Å². The molecule has 0 radical (unpaired) electrons. The van der Waals surface area contributed by atoms with Crippen molar-refractivity contribution in [1.29, 1.82) is 0 Å². The van der Waals surface area contributed by atoms with Gasteiger partial charge < -0.3 is 10.1 Å². The Bertz CT molecular complexity index is 1000. The average Bonchev–Trinajstić information content (AvgIpc) is 2.65. The fourth-order valence-electron chi connectivity index (χ4n) is 2.36. The molecule has 0 amide bonds. The van der Waals surface area contributed by atoms with Crippen molar-refractivity contribution in [1.82, 2.24) is 15.2 Å². The SMILES string of the molecule is COC(=O)c1ccccc1Nc1nnc(Cc2ccccc2Cl)c(=O)[nH]1. The monoisotopic (exact) mass is 370 g/mol. The zero-order valence-electron chi connectivity index (χ0n) is 13.8. The van der Waals surface area contributed by atoms with Crippen LogP contribution >= 0.6 is 11.6 Å². The summed E-state index contributed by atoms with van der Waals surface area (Å²) in [6, 6.07) is 13.9. The van der Waals surface area contributed by atoms with E-state index in [2.05, 4.69) is 20.5 Å². The molecule has 0 spiro atoms. The van der Waals surface area contributed by atoms with E-state index in [-0.39, 0.29) is 18.1 Å². The molecule has 3 aromatic rings. The summed E-state index contributed by atoms with van der Waals surface area (Å²) < 4.78 is 4.74. The lowest BCUT2D eigenvalue weighted by Gasteiger charge is -2.09. The summed E-state index contributed by atoms with van der Waals surface area (Å²) in [4.78, 5) is 26.7. The van der Waals surface area contributed by atoms with Gasteiger partial charge in [0.2, 0.25) is 5.95 Å². The van der Waals surface area contributed by atoms with Gasteiger partial charge in [0.05, 0.1) is 18.4 Å². The van der Waals surface area contributed by atoms with E-state index >= 15 is 0 Å². The van der Waals surface area contributed by atoms with E-state index in [1.54, 1.807) is 30.3 Å². The molecule has 0 fully saturated rings. The number of nitrogens with one attached hydrogen (secondary N) is 2. The Labute approximate surface area is 154 Å². The summed E-state index contributed by atoms with van der Waals surface area (Å²) in [6.45, 7) is 0. The van der Waals surface area contributed by atoms with Crippen LogP contribution in [0.1, 0.15) is 21.6 Å². The lowest BCUT2D eigenvalue weighted by atomic mass is 10.1. The maximum atomic E-state index is 12.3. The van der Waals surface area contributed by atoms with E-state index in [4.69, 9.17) is 16.3 Å². The second kappa shape index (κ2) is 7.79. The summed E-state index contributed by atoms with van der Waals surface area (Å²) >= 11 is 6.11. The number of anilines is 2. The maximum Gasteiger partial charge on any atom is 0.339 e. The molecule has 0 aliphatic rings. The van der Waals surface area contributed by atoms with Gasteiger partial charge in [-0.25, -0.2) is 4.79 Å². The number of aromatic amines is 1. The van der Waals surface area contributed by atoms with Crippen LogP contribution in [0.5, 0.6) is 0 Å². The number of esters is 1. The Morgan fingerprint density at radius 2 is 1.88 bits per heavy atom. The Kier molecular flexibility index (Phi) is 5.28. The number of H-pyrrole nitrogens is 1. The summed E-state index contributed by atoms with van der Waals surface area (Å²) in [7, 11) is 1.30. The van der Waals surface area contributed by atoms with Crippen LogP contribution in [0.2, 0.25) is 5.02 Å². The van der Waals surface area contributed by atoms with Gasteiger partial charge in [0.25, 0.3) is 5.56 Å². The maximum absolute atomic E-state index is 12.3. The number of benzene rings is 2. The standard InChI is InChI=1S/C18H15ClN4O3/c1-26-17(25)12-7-3-5-9-14(12)20-18-21-16(24)15(22-23-18)10-11-6-2-4-8-13(11)19/h2-9H,10H2,1H3,(H2,20,21,23,24). The Balaban J connectivity index is 1.84. The first kappa shape index (κ1) is 17.6. The second-order valence-electron chi connectivity index (χ2n) is 5.38. The van der Waals surface area contributed by atoms with Crippen LogP contribution in [-0.4, -0.2) is 28.3 Å². The minimum atomic E-state index is -0.501. The van der Waals surface area contributed by atoms with Crippen molar-refractivity contribution in [3.05, 3.63) is 80.7 Å². The fraction of sp³-hybridized carbons (Fsp3) is 0.111. The molecule has 0 saturated heterocycles. The summed E-state index contributed by atoms with van der Waals surface area (Å²) in [5.41, 5.74) is 1.40. The normalized spacial score (nSPS) is 10.4. The van der Waals surface area contributed by atoms with Crippen molar-refractivity contribution in [2.24, 2.45) is 0 Å². The van der Waals surface area contributed by atoms with Crippen molar-refractivity contribution < 1.29 is 9.53 Å². The van der Waals surface area contributed by atoms with Crippen LogP contribution in [0.3, 0.4) is 0 Å². The largest absolute Gasteiger partial charge is 0.465 e. The molecule has 0 atom stereocenters. The van der Waals surface area contributed by atoms with Crippen LogP contribution < -0.4 is 10.9 Å². The number of methoxy groups -OCH3 is 1. The van der Waals surface area contributed by atoms with Gasteiger partial charge in [0, 0.05) is 11.4 Å².